The van der Waals surface area contributed by atoms with E-state index in [4.69, 9.17) is 23.2 Å². The van der Waals surface area contributed by atoms with Gasteiger partial charge in [-0.3, -0.25) is 14.9 Å². The third-order valence-electron chi connectivity index (χ3n) is 2.51. The molecule has 102 valence electrons. The molecule has 0 heterocycles. The van der Waals surface area contributed by atoms with Crippen molar-refractivity contribution in [1.82, 2.24) is 0 Å². The van der Waals surface area contributed by atoms with Gasteiger partial charge in [0.25, 0.3) is 11.6 Å². The Hall–Kier alpha value is -2.11. The lowest BCUT2D eigenvalue weighted by Gasteiger charge is -2.09. The van der Waals surface area contributed by atoms with E-state index in [1.54, 1.807) is 30.3 Å². The van der Waals surface area contributed by atoms with Crippen LogP contribution in [0, 0.1) is 10.1 Å². The highest BCUT2D eigenvalue weighted by Crippen LogP contribution is 2.34. The van der Waals surface area contributed by atoms with Crippen LogP contribution in [0.2, 0.25) is 10.0 Å². The molecule has 1 N–H and O–H groups in total. The van der Waals surface area contributed by atoms with E-state index < -0.39 is 10.8 Å². The van der Waals surface area contributed by atoms with Gasteiger partial charge in [0, 0.05) is 17.7 Å². The number of non-ortho nitro benzene ring substituents is 1. The molecule has 2 rings (SSSR count). The highest BCUT2D eigenvalue weighted by atomic mass is 35.5. The first-order valence-electron chi connectivity index (χ1n) is 5.49. The highest BCUT2D eigenvalue weighted by molar-refractivity contribution is 6.40. The summed E-state index contributed by atoms with van der Waals surface area (Å²) >= 11 is 11.8. The van der Waals surface area contributed by atoms with Crippen LogP contribution in [-0.2, 0) is 0 Å². The van der Waals surface area contributed by atoms with Gasteiger partial charge in [-0.1, -0.05) is 41.4 Å². The topological polar surface area (TPSA) is 72.2 Å². The molecule has 0 saturated heterocycles. The average Bonchev–Trinajstić information content (AvgIpc) is 2.43. The number of benzene rings is 2. The van der Waals surface area contributed by atoms with Crippen molar-refractivity contribution in [3.63, 3.8) is 0 Å². The normalized spacial score (nSPS) is 10.1. The quantitative estimate of drug-likeness (QED) is 0.683. The van der Waals surface area contributed by atoms with E-state index >= 15 is 0 Å². The number of amides is 1. The zero-order valence-electron chi connectivity index (χ0n) is 9.97. The molecule has 0 aliphatic carbocycles. The van der Waals surface area contributed by atoms with Crippen LogP contribution in [0.15, 0.2) is 42.5 Å². The summed E-state index contributed by atoms with van der Waals surface area (Å²) in [5.74, 6) is -0.400. The van der Waals surface area contributed by atoms with Crippen molar-refractivity contribution in [2.24, 2.45) is 0 Å². The number of nitrogens with one attached hydrogen (secondary N) is 1. The molecule has 2 aromatic rings. The van der Waals surface area contributed by atoms with Gasteiger partial charge in [-0.15, -0.1) is 0 Å². The molecule has 0 aromatic heterocycles. The Labute approximate surface area is 124 Å². The van der Waals surface area contributed by atoms with Gasteiger partial charge in [-0.05, 0) is 12.1 Å². The first-order valence-corrected chi connectivity index (χ1v) is 6.24. The third-order valence-corrected chi connectivity index (χ3v) is 3.11. The minimum atomic E-state index is -0.611. The van der Waals surface area contributed by atoms with Crippen LogP contribution in [0.3, 0.4) is 0 Å². The van der Waals surface area contributed by atoms with Crippen LogP contribution in [-0.4, -0.2) is 10.8 Å². The molecule has 0 atom stereocenters. The second-order valence-electron chi connectivity index (χ2n) is 3.86. The smallest absolute Gasteiger partial charge is 0.272 e. The molecule has 0 spiro atoms. The summed E-state index contributed by atoms with van der Waals surface area (Å²) in [6.45, 7) is 0. The number of nitro benzene ring substituents is 1. The number of nitro groups is 1. The fraction of sp³-hybridized carbons (Fsp3) is 0. The van der Waals surface area contributed by atoms with Crippen molar-refractivity contribution in [3.05, 3.63) is 68.2 Å². The summed E-state index contributed by atoms with van der Waals surface area (Å²) in [7, 11) is 0. The molecule has 7 heteroatoms. The lowest BCUT2D eigenvalue weighted by molar-refractivity contribution is -0.384. The molecule has 0 radical (unpaired) electrons. The lowest BCUT2D eigenvalue weighted by Crippen LogP contribution is -2.12. The fourth-order valence-corrected chi connectivity index (χ4v) is 2.13. The molecule has 0 fully saturated rings. The Kier molecular flexibility index (Phi) is 4.22. The van der Waals surface area contributed by atoms with Crippen LogP contribution in [0.5, 0.6) is 0 Å². The van der Waals surface area contributed by atoms with Crippen LogP contribution < -0.4 is 5.32 Å². The van der Waals surface area contributed by atoms with E-state index in [1.807, 2.05) is 0 Å². The van der Waals surface area contributed by atoms with Crippen molar-refractivity contribution >= 4 is 40.5 Å². The minimum absolute atomic E-state index is 0.00785. The van der Waals surface area contributed by atoms with E-state index in [0.29, 0.717) is 5.56 Å². The third kappa shape index (κ3) is 3.07. The molecule has 0 aliphatic heterocycles. The Bertz CT molecular complexity index is 652. The second kappa shape index (κ2) is 5.90. The van der Waals surface area contributed by atoms with Gasteiger partial charge in [0.1, 0.15) is 0 Å². The number of carbonyl (C=O) groups excluding carboxylic acids is 1. The zero-order chi connectivity index (χ0) is 14.7. The summed E-state index contributed by atoms with van der Waals surface area (Å²) in [5, 5.41) is 13.2. The van der Waals surface area contributed by atoms with Crippen LogP contribution in [0.1, 0.15) is 10.4 Å². The van der Waals surface area contributed by atoms with Crippen molar-refractivity contribution in [3.8, 4) is 0 Å². The maximum absolute atomic E-state index is 12.0. The standard InChI is InChI=1S/C13H8Cl2N2O3/c14-10-6-9(17(19)20)7-11(15)12(10)16-13(18)8-4-2-1-3-5-8/h1-7H,(H,16,18). The van der Waals surface area contributed by atoms with E-state index in [0.717, 1.165) is 12.1 Å². The summed E-state index contributed by atoms with van der Waals surface area (Å²) < 4.78 is 0. The van der Waals surface area contributed by atoms with Gasteiger partial charge >= 0.3 is 0 Å². The van der Waals surface area contributed by atoms with Gasteiger partial charge < -0.3 is 5.32 Å². The Morgan fingerprint density at radius 1 is 1.10 bits per heavy atom. The number of anilines is 1. The predicted octanol–water partition coefficient (Wildman–Crippen LogP) is 4.15. The van der Waals surface area contributed by atoms with Crippen molar-refractivity contribution in [1.29, 1.82) is 0 Å². The number of hydrogen-bond acceptors (Lipinski definition) is 3. The fourth-order valence-electron chi connectivity index (χ4n) is 1.56. The molecule has 2 aromatic carbocycles. The second-order valence-corrected chi connectivity index (χ2v) is 4.68. The van der Waals surface area contributed by atoms with Crippen molar-refractivity contribution in [2.45, 2.75) is 0 Å². The SMILES string of the molecule is O=C(Nc1c(Cl)cc([N+](=O)[O-])cc1Cl)c1ccccc1. The zero-order valence-corrected chi connectivity index (χ0v) is 11.5. The number of carbonyl (C=O) groups is 1. The molecule has 1 amide bonds. The summed E-state index contributed by atoms with van der Waals surface area (Å²) in [6, 6.07) is 10.7. The number of nitrogens with zero attached hydrogens (tertiary/aromatic N) is 1. The summed E-state index contributed by atoms with van der Waals surface area (Å²) in [6.07, 6.45) is 0. The van der Waals surface area contributed by atoms with Gasteiger partial charge in [0.2, 0.25) is 0 Å². The van der Waals surface area contributed by atoms with Crippen LogP contribution in [0.4, 0.5) is 11.4 Å². The summed E-state index contributed by atoms with van der Waals surface area (Å²) in [5.41, 5.74) is 0.337. The number of halogens is 2. The maximum Gasteiger partial charge on any atom is 0.272 e. The first kappa shape index (κ1) is 14.3. The van der Waals surface area contributed by atoms with Gasteiger partial charge in [-0.25, -0.2) is 0 Å². The number of rotatable bonds is 3. The van der Waals surface area contributed by atoms with Crippen LogP contribution in [0.25, 0.3) is 0 Å². The molecule has 0 unspecified atom stereocenters. The molecule has 5 nitrogen and oxygen atoms in total. The molecular weight excluding hydrogens is 303 g/mol. The minimum Gasteiger partial charge on any atom is -0.319 e. The Balaban J connectivity index is 2.31. The van der Waals surface area contributed by atoms with Crippen LogP contribution >= 0.6 is 23.2 Å². The Morgan fingerprint density at radius 2 is 1.65 bits per heavy atom. The van der Waals surface area contributed by atoms with E-state index in [1.165, 1.54) is 0 Å². The van der Waals surface area contributed by atoms with Crippen molar-refractivity contribution in [2.75, 3.05) is 5.32 Å². The maximum atomic E-state index is 12.0. The Morgan fingerprint density at radius 3 is 2.15 bits per heavy atom. The van der Waals surface area contributed by atoms with E-state index in [2.05, 4.69) is 5.32 Å². The molecule has 0 aliphatic rings. The molecule has 20 heavy (non-hydrogen) atoms. The number of hydrogen-bond donors (Lipinski definition) is 1. The van der Waals surface area contributed by atoms with Crippen molar-refractivity contribution < 1.29 is 9.72 Å². The van der Waals surface area contributed by atoms with E-state index in [9.17, 15) is 14.9 Å². The summed E-state index contributed by atoms with van der Waals surface area (Å²) in [4.78, 5) is 22.0. The monoisotopic (exact) mass is 310 g/mol. The van der Waals surface area contributed by atoms with Gasteiger partial charge in [0.15, 0.2) is 0 Å². The first-order chi connectivity index (χ1) is 9.49. The largest absolute Gasteiger partial charge is 0.319 e. The molecule has 0 bridgehead atoms. The van der Waals surface area contributed by atoms with Gasteiger partial charge in [-0.2, -0.15) is 0 Å². The molecular formula is C13H8Cl2N2O3. The molecule has 0 saturated carbocycles. The van der Waals surface area contributed by atoms with Gasteiger partial charge in [0.05, 0.1) is 20.7 Å². The lowest BCUT2D eigenvalue weighted by atomic mass is 10.2. The highest BCUT2D eigenvalue weighted by Gasteiger charge is 2.16. The average molecular weight is 311 g/mol. The predicted molar refractivity (Wildman–Crippen MR) is 77.5 cm³/mol. The van der Waals surface area contributed by atoms with E-state index in [-0.39, 0.29) is 21.4 Å².